The van der Waals surface area contributed by atoms with Gasteiger partial charge in [-0.1, -0.05) is 41.1 Å². The molecule has 0 saturated carbocycles. The first-order chi connectivity index (χ1) is 11.0. The molecule has 0 radical (unpaired) electrons. The molecule has 0 aliphatic carbocycles. The topological polar surface area (TPSA) is 45.2 Å². The number of aromatic nitrogens is 1. The average molecular weight is 396 g/mol. The van der Waals surface area contributed by atoms with E-state index in [2.05, 4.69) is 49.3 Å². The van der Waals surface area contributed by atoms with E-state index in [1.807, 2.05) is 13.8 Å². The van der Waals surface area contributed by atoms with Crippen LogP contribution in [0.4, 0.5) is 10.8 Å². The predicted molar refractivity (Wildman–Crippen MR) is 102 cm³/mol. The number of nitrogens with one attached hydrogen (secondary N) is 1. The molecule has 3 rings (SSSR count). The van der Waals surface area contributed by atoms with Gasteiger partial charge >= 0.3 is 0 Å². The van der Waals surface area contributed by atoms with Gasteiger partial charge in [-0.25, -0.2) is 4.98 Å². The highest BCUT2D eigenvalue weighted by atomic mass is 79.9. The SMILES string of the molecule is CC(C)[C@H](Br)C(=O)Nc1nc2ccc(N3CCCCC3)cc2s1. The number of benzene rings is 1. The van der Waals surface area contributed by atoms with Crippen molar-refractivity contribution in [3.8, 4) is 0 Å². The molecule has 2 aromatic rings. The Morgan fingerprint density at radius 3 is 2.74 bits per heavy atom. The fraction of sp³-hybridized carbons (Fsp3) is 0.529. The third kappa shape index (κ3) is 3.86. The fourth-order valence-corrected chi connectivity index (χ4v) is 3.81. The first-order valence-electron chi connectivity index (χ1n) is 8.15. The van der Waals surface area contributed by atoms with Gasteiger partial charge in [0.1, 0.15) is 0 Å². The van der Waals surface area contributed by atoms with Crippen LogP contribution in [0.5, 0.6) is 0 Å². The van der Waals surface area contributed by atoms with Crippen molar-refractivity contribution in [1.82, 2.24) is 4.98 Å². The summed E-state index contributed by atoms with van der Waals surface area (Å²) < 4.78 is 1.12. The zero-order valence-corrected chi connectivity index (χ0v) is 15.9. The van der Waals surface area contributed by atoms with Crippen LogP contribution >= 0.6 is 27.3 Å². The molecular weight excluding hydrogens is 374 g/mol. The van der Waals surface area contributed by atoms with Crippen LogP contribution in [-0.2, 0) is 4.79 Å². The number of thiazole rings is 1. The highest BCUT2D eigenvalue weighted by Gasteiger charge is 2.20. The third-order valence-corrected chi connectivity index (χ3v) is 6.57. The fourth-order valence-electron chi connectivity index (χ4n) is 2.79. The van der Waals surface area contributed by atoms with Gasteiger partial charge in [0.25, 0.3) is 0 Å². The van der Waals surface area contributed by atoms with Crippen LogP contribution in [-0.4, -0.2) is 28.8 Å². The van der Waals surface area contributed by atoms with Crippen molar-refractivity contribution in [3.63, 3.8) is 0 Å². The van der Waals surface area contributed by atoms with E-state index in [0.717, 1.165) is 23.3 Å². The first kappa shape index (κ1) is 16.7. The van der Waals surface area contributed by atoms with E-state index in [-0.39, 0.29) is 16.7 Å². The first-order valence-corrected chi connectivity index (χ1v) is 9.88. The van der Waals surface area contributed by atoms with Gasteiger partial charge in [-0.05, 0) is 43.4 Å². The minimum Gasteiger partial charge on any atom is -0.371 e. The lowest BCUT2D eigenvalue weighted by Gasteiger charge is -2.28. The molecule has 124 valence electrons. The van der Waals surface area contributed by atoms with Crippen LogP contribution in [0.3, 0.4) is 0 Å². The van der Waals surface area contributed by atoms with Gasteiger partial charge < -0.3 is 10.2 Å². The summed E-state index contributed by atoms with van der Waals surface area (Å²) in [5.41, 5.74) is 2.21. The van der Waals surface area contributed by atoms with Gasteiger partial charge in [0.15, 0.2) is 5.13 Å². The normalized spacial score (nSPS) is 16.8. The molecule has 6 heteroatoms. The number of carbonyl (C=O) groups excluding carboxylic acids is 1. The number of halogens is 1. The van der Waals surface area contributed by atoms with Gasteiger partial charge in [0.2, 0.25) is 5.91 Å². The summed E-state index contributed by atoms with van der Waals surface area (Å²) >= 11 is 4.97. The maximum atomic E-state index is 12.1. The summed E-state index contributed by atoms with van der Waals surface area (Å²) in [5.74, 6) is 0.213. The molecule has 1 aromatic carbocycles. The number of amides is 1. The molecule has 1 aromatic heterocycles. The number of alkyl halides is 1. The number of fused-ring (bicyclic) bond motifs is 1. The van der Waals surface area contributed by atoms with Gasteiger partial charge in [0.05, 0.1) is 15.0 Å². The number of carbonyl (C=O) groups is 1. The summed E-state index contributed by atoms with van der Waals surface area (Å²) in [6.45, 7) is 6.30. The molecule has 1 amide bonds. The molecular formula is C17H22BrN3OS. The molecule has 1 N–H and O–H groups in total. The van der Waals surface area contributed by atoms with E-state index in [1.165, 1.54) is 24.9 Å². The summed E-state index contributed by atoms with van der Waals surface area (Å²) in [4.78, 5) is 18.9. The summed E-state index contributed by atoms with van der Waals surface area (Å²) in [6.07, 6.45) is 3.87. The van der Waals surface area contributed by atoms with E-state index in [1.54, 1.807) is 11.3 Å². The Morgan fingerprint density at radius 1 is 1.30 bits per heavy atom. The Hall–Kier alpha value is -1.14. The molecule has 2 heterocycles. The van der Waals surface area contributed by atoms with Crippen molar-refractivity contribution in [2.75, 3.05) is 23.3 Å². The average Bonchev–Trinajstić information content (AvgIpc) is 2.95. The van der Waals surface area contributed by atoms with Crippen LogP contribution in [0, 0.1) is 5.92 Å². The standard InChI is InChI=1S/C17H22BrN3OS/c1-11(2)15(18)16(22)20-17-19-13-7-6-12(10-14(13)23-17)21-8-4-3-5-9-21/h6-7,10-11,15H,3-5,8-9H2,1-2H3,(H,19,20,22)/t15-/m0/s1. The maximum Gasteiger partial charge on any atom is 0.240 e. The van der Waals surface area contributed by atoms with Crippen LogP contribution in [0.1, 0.15) is 33.1 Å². The molecule has 4 nitrogen and oxygen atoms in total. The highest BCUT2D eigenvalue weighted by molar-refractivity contribution is 9.10. The van der Waals surface area contributed by atoms with Gasteiger partial charge in [-0.3, -0.25) is 4.79 Å². The van der Waals surface area contributed by atoms with Gasteiger partial charge in [-0.15, -0.1) is 0 Å². The van der Waals surface area contributed by atoms with Gasteiger partial charge in [0, 0.05) is 18.8 Å². The van der Waals surface area contributed by atoms with Crippen LogP contribution in [0.25, 0.3) is 10.2 Å². The molecule has 1 fully saturated rings. The second kappa shape index (κ2) is 7.18. The quantitative estimate of drug-likeness (QED) is 0.766. The monoisotopic (exact) mass is 395 g/mol. The van der Waals surface area contributed by atoms with E-state index < -0.39 is 0 Å². The van der Waals surface area contributed by atoms with Crippen LogP contribution < -0.4 is 10.2 Å². The number of hydrogen-bond acceptors (Lipinski definition) is 4. The van der Waals surface area contributed by atoms with Gasteiger partial charge in [-0.2, -0.15) is 0 Å². The lowest BCUT2D eigenvalue weighted by molar-refractivity contribution is -0.116. The van der Waals surface area contributed by atoms with Crippen LogP contribution in [0.15, 0.2) is 18.2 Å². The van der Waals surface area contributed by atoms with E-state index in [0.29, 0.717) is 5.13 Å². The van der Waals surface area contributed by atoms with Crippen molar-refractivity contribution >= 4 is 54.2 Å². The lowest BCUT2D eigenvalue weighted by Crippen LogP contribution is -2.29. The molecule has 1 atom stereocenters. The van der Waals surface area contributed by atoms with Crippen molar-refractivity contribution in [3.05, 3.63) is 18.2 Å². The molecule has 1 saturated heterocycles. The smallest absolute Gasteiger partial charge is 0.240 e. The molecule has 0 unspecified atom stereocenters. The minimum atomic E-state index is -0.196. The maximum absolute atomic E-state index is 12.1. The Kier molecular flexibility index (Phi) is 5.21. The van der Waals surface area contributed by atoms with Crippen molar-refractivity contribution < 1.29 is 4.79 Å². The Morgan fingerprint density at radius 2 is 2.04 bits per heavy atom. The molecule has 23 heavy (non-hydrogen) atoms. The van der Waals surface area contributed by atoms with E-state index >= 15 is 0 Å². The largest absolute Gasteiger partial charge is 0.371 e. The zero-order chi connectivity index (χ0) is 16.4. The highest BCUT2D eigenvalue weighted by Crippen LogP contribution is 2.31. The second-order valence-electron chi connectivity index (χ2n) is 6.35. The molecule has 1 aliphatic heterocycles. The number of nitrogens with zero attached hydrogens (tertiary/aromatic N) is 2. The third-order valence-electron chi connectivity index (χ3n) is 4.16. The lowest BCUT2D eigenvalue weighted by atomic mass is 10.1. The van der Waals surface area contributed by atoms with Crippen molar-refractivity contribution in [1.29, 1.82) is 0 Å². The Balaban J connectivity index is 1.77. The molecule has 1 aliphatic rings. The van der Waals surface area contributed by atoms with Crippen LogP contribution in [0.2, 0.25) is 0 Å². The van der Waals surface area contributed by atoms with Crippen molar-refractivity contribution in [2.24, 2.45) is 5.92 Å². The summed E-state index contributed by atoms with van der Waals surface area (Å²) in [7, 11) is 0. The second-order valence-corrected chi connectivity index (χ2v) is 8.37. The van der Waals surface area contributed by atoms with E-state index in [4.69, 9.17) is 0 Å². The number of piperidine rings is 1. The Labute approximate surface area is 149 Å². The summed E-state index contributed by atoms with van der Waals surface area (Å²) in [5, 5.41) is 3.59. The van der Waals surface area contributed by atoms with Crippen molar-refractivity contribution in [2.45, 2.75) is 37.9 Å². The predicted octanol–water partition coefficient (Wildman–Crippen LogP) is 4.64. The number of anilines is 2. The number of rotatable bonds is 4. The summed E-state index contributed by atoms with van der Waals surface area (Å²) in [6, 6.07) is 6.39. The Bertz CT molecular complexity index is 694. The van der Waals surface area contributed by atoms with E-state index in [9.17, 15) is 4.79 Å². The molecule has 0 spiro atoms. The number of hydrogen-bond donors (Lipinski definition) is 1. The molecule has 0 bridgehead atoms. The minimum absolute atomic E-state index is 0.0321. The zero-order valence-electron chi connectivity index (χ0n) is 13.5.